The van der Waals surface area contributed by atoms with E-state index in [0.29, 0.717) is 11.0 Å². The fourth-order valence-corrected chi connectivity index (χ4v) is 5.45. The van der Waals surface area contributed by atoms with E-state index < -0.39 is 24.7 Å². The van der Waals surface area contributed by atoms with Crippen molar-refractivity contribution in [3.63, 3.8) is 0 Å². The Bertz CT molecular complexity index is 792. The third kappa shape index (κ3) is 6.30. The van der Waals surface area contributed by atoms with Gasteiger partial charge in [0, 0.05) is 17.6 Å². The smallest absolute Gasteiger partial charge is 0.333 e. The van der Waals surface area contributed by atoms with E-state index in [-0.39, 0.29) is 5.92 Å². The van der Waals surface area contributed by atoms with E-state index in [1.54, 1.807) is 11.1 Å². The van der Waals surface area contributed by atoms with Crippen molar-refractivity contribution in [2.24, 2.45) is 11.3 Å². The Morgan fingerprint density at radius 2 is 2.16 bits per heavy atom. The summed E-state index contributed by atoms with van der Waals surface area (Å²) >= 11 is 1.85. The number of hydrogen-bond donors (Lipinski definition) is 1. The number of carbonyl (C=O) groups is 1. The number of carbonyl (C=O) groups excluding carboxylic acids is 1. The molecule has 31 heavy (non-hydrogen) atoms. The highest BCUT2D eigenvalue weighted by atomic mass is 127. The lowest BCUT2D eigenvalue weighted by molar-refractivity contribution is -0.154. The van der Waals surface area contributed by atoms with Crippen LogP contribution in [-0.4, -0.2) is 29.8 Å². The van der Waals surface area contributed by atoms with Gasteiger partial charge in [0.1, 0.15) is 29.1 Å². The third-order valence-corrected chi connectivity index (χ3v) is 7.33. The Morgan fingerprint density at radius 3 is 2.81 bits per heavy atom. The molecule has 0 aromatic carbocycles. The summed E-state index contributed by atoms with van der Waals surface area (Å²) in [6.45, 7) is 9.32. The van der Waals surface area contributed by atoms with Crippen molar-refractivity contribution < 1.29 is 22.4 Å². The van der Waals surface area contributed by atoms with Gasteiger partial charge >= 0.3 is 5.97 Å². The fourth-order valence-electron chi connectivity index (χ4n) is 4.95. The highest BCUT2D eigenvalue weighted by Crippen LogP contribution is 2.42. The Hall–Kier alpha value is -0.960. The van der Waals surface area contributed by atoms with Gasteiger partial charge < -0.3 is 14.6 Å². The molecule has 0 amide bonds. The largest absolute Gasteiger partial charge is 0.429 e. The summed E-state index contributed by atoms with van der Waals surface area (Å²) < 4.78 is 16.2. The van der Waals surface area contributed by atoms with Gasteiger partial charge in [-0.3, -0.25) is 3.07 Å². The number of cyclic esters (lactones) is 1. The van der Waals surface area contributed by atoms with Gasteiger partial charge in [0.05, 0.1) is 0 Å². The third-order valence-electron chi connectivity index (χ3n) is 6.83. The van der Waals surface area contributed by atoms with Crippen LogP contribution in [0.25, 0.3) is 0 Å². The quantitative estimate of drug-likeness (QED) is 0.229. The highest BCUT2D eigenvalue weighted by molar-refractivity contribution is 14.1. The van der Waals surface area contributed by atoms with Gasteiger partial charge in [0.25, 0.3) is 0 Å². The second-order valence-corrected chi connectivity index (χ2v) is 10.1. The Labute approximate surface area is 200 Å². The predicted octanol–water partition coefficient (Wildman–Crippen LogP) is 6.09. The Balaban J connectivity index is 1.52. The second kappa shape index (κ2) is 10.8. The molecule has 0 saturated carbocycles. The van der Waals surface area contributed by atoms with E-state index in [2.05, 4.69) is 39.8 Å². The van der Waals surface area contributed by atoms with Gasteiger partial charge in [-0.25, -0.2) is 4.79 Å². The lowest BCUT2D eigenvalue weighted by Gasteiger charge is -2.35. The van der Waals surface area contributed by atoms with E-state index in [0.717, 1.165) is 25.7 Å². The zero-order chi connectivity index (χ0) is 22.6. The van der Waals surface area contributed by atoms with Crippen molar-refractivity contribution in [2.75, 3.05) is 0 Å². The highest BCUT2D eigenvalue weighted by Gasteiger charge is 2.35. The lowest BCUT2D eigenvalue weighted by atomic mass is 9.71. The molecule has 0 radical (unpaired) electrons. The van der Waals surface area contributed by atoms with Crippen LogP contribution < -0.4 is 0 Å². The number of ether oxygens (including phenoxy) is 2. The molecule has 4 unspecified atom stereocenters. The SMILES string of the molecule is CC1=C(CC/C(C)=C/CCC2C=CC(C3=CC(=O)OC3O)OC2OI)C(C)(C)CCC1. The molecule has 5 nitrogen and oxygen atoms in total. The first-order valence-corrected chi connectivity index (χ1v) is 12.2. The van der Waals surface area contributed by atoms with Gasteiger partial charge in [-0.2, -0.15) is 0 Å². The Kier molecular flexibility index (Phi) is 8.57. The number of aliphatic hydroxyl groups is 1. The summed E-state index contributed by atoms with van der Waals surface area (Å²) in [5.41, 5.74) is 5.45. The maximum Gasteiger partial charge on any atom is 0.333 e. The topological polar surface area (TPSA) is 65.0 Å². The molecule has 2 aliphatic heterocycles. The molecule has 1 aliphatic carbocycles. The molecule has 0 aromatic rings. The van der Waals surface area contributed by atoms with Gasteiger partial charge in [-0.1, -0.05) is 48.8 Å². The molecule has 1 N–H and O–H groups in total. The first kappa shape index (κ1) is 24.7. The number of hydrogen-bond acceptors (Lipinski definition) is 5. The minimum atomic E-state index is -1.24. The molecule has 0 saturated heterocycles. The van der Waals surface area contributed by atoms with Crippen molar-refractivity contribution in [3.8, 4) is 0 Å². The van der Waals surface area contributed by atoms with Crippen LogP contribution in [0, 0.1) is 11.3 Å². The molecule has 0 fully saturated rings. The molecule has 0 bridgehead atoms. The minimum Gasteiger partial charge on any atom is -0.429 e. The summed E-state index contributed by atoms with van der Waals surface area (Å²) in [5.74, 6) is -0.424. The fraction of sp³-hybridized carbons (Fsp3) is 0.640. The van der Waals surface area contributed by atoms with Crippen molar-refractivity contribution in [1.82, 2.24) is 0 Å². The van der Waals surface area contributed by atoms with Crippen LogP contribution in [-0.2, 0) is 17.3 Å². The van der Waals surface area contributed by atoms with E-state index in [9.17, 15) is 9.90 Å². The molecule has 2 heterocycles. The van der Waals surface area contributed by atoms with Crippen LogP contribution in [0.2, 0.25) is 0 Å². The molecule has 4 atom stereocenters. The summed E-state index contributed by atoms with van der Waals surface area (Å²) in [6, 6.07) is 0. The maximum absolute atomic E-state index is 11.4. The first-order valence-electron chi connectivity index (χ1n) is 11.3. The van der Waals surface area contributed by atoms with Gasteiger partial charge in [0.2, 0.25) is 6.29 Å². The zero-order valence-corrected chi connectivity index (χ0v) is 21.2. The number of rotatable bonds is 8. The van der Waals surface area contributed by atoms with E-state index in [1.807, 2.05) is 29.1 Å². The van der Waals surface area contributed by atoms with Crippen LogP contribution in [0.1, 0.15) is 72.6 Å². The summed E-state index contributed by atoms with van der Waals surface area (Å²) in [7, 11) is 0. The number of halogens is 1. The van der Waals surface area contributed by atoms with E-state index in [1.165, 1.54) is 30.9 Å². The standard InChI is InChI=1S/C25H35IO5/c1-16(10-12-20-17(2)8-6-14-25(20,3)4)7-5-9-18-11-13-21(29-24(18)31-26)19-15-22(27)30-23(19)28/h7,11,13,15,18,21,23-24,28H,5-6,8-10,12,14H2,1-4H3/b16-7+. The van der Waals surface area contributed by atoms with Crippen LogP contribution in [0.3, 0.4) is 0 Å². The average molecular weight is 542 g/mol. The van der Waals surface area contributed by atoms with Crippen LogP contribution in [0.15, 0.2) is 46.6 Å². The van der Waals surface area contributed by atoms with Crippen molar-refractivity contribution in [1.29, 1.82) is 0 Å². The second-order valence-electron chi connectivity index (χ2n) is 9.62. The summed E-state index contributed by atoms with van der Waals surface area (Å²) in [4.78, 5) is 11.4. The molecule has 3 rings (SSSR count). The summed E-state index contributed by atoms with van der Waals surface area (Å²) in [5, 5.41) is 9.85. The summed E-state index contributed by atoms with van der Waals surface area (Å²) in [6.07, 6.45) is 13.4. The number of allylic oxidation sites excluding steroid dienone is 4. The van der Waals surface area contributed by atoms with Crippen LogP contribution in [0.4, 0.5) is 0 Å². The van der Waals surface area contributed by atoms with Crippen LogP contribution >= 0.6 is 23.0 Å². The maximum atomic E-state index is 11.4. The number of esters is 1. The molecule has 0 spiro atoms. The predicted molar refractivity (Wildman–Crippen MR) is 129 cm³/mol. The van der Waals surface area contributed by atoms with Crippen molar-refractivity contribution in [2.45, 2.75) is 91.3 Å². The zero-order valence-electron chi connectivity index (χ0n) is 19.0. The Morgan fingerprint density at radius 1 is 1.39 bits per heavy atom. The molecule has 3 aliphatic rings. The molecular weight excluding hydrogens is 507 g/mol. The molecule has 172 valence electrons. The van der Waals surface area contributed by atoms with Gasteiger partial charge in [-0.05, 0) is 64.2 Å². The van der Waals surface area contributed by atoms with E-state index in [4.69, 9.17) is 12.5 Å². The number of aliphatic hydroxyl groups excluding tert-OH is 1. The first-order chi connectivity index (χ1) is 14.7. The molecular formula is C25H35IO5. The monoisotopic (exact) mass is 542 g/mol. The molecule has 0 aromatic heterocycles. The normalized spacial score (nSPS) is 31.1. The van der Waals surface area contributed by atoms with Crippen molar-refractivity contribution in [3.05, 3.63) is 46.6 Å². The van der Waals surface area contributed by atoms with Gasteiger partial charge in [-0.15, -0.1) is 0 Å². The van der Waals surface area contributed by atoms with Gasteiger partial charge in [0.15, 0.2) is 6.29 Å². The van der Waals surface area contributed by atoms with Crippen LogP contribution in [0.5, 0.6) is 0 Å². The molecule has 6 heteroatoms. The lowest BCUT2D eigenvalue weighted by Crippen LogP contribution is -2.34. The van der Waals surface area contributed by atoms with Crippen molar-refractivity contribution >= 4 is 29.0 Å². The van der Waals surface area contributed by atoms with E-state index >= 15 is 0 Å². The minimum absolute atomic E-state index is 0.121. The average Bonchev–Trinajstić information content (AvgIpc) is 3.05.